The zero-order chi connectivity index (χ0) is 11.4. The van der Waals surface area contributed by atoms with Gasteiger partial charge < -0.3 is 14.8 Å². The van der Waals surface area contributed by atoms with E-state index in [2.05, 4.69) is 24.1 Å². The van der Waals surface area contributed by atoms with Gasteiger partial charge in [-0.05, 0) is 19.3 Å². The molecule has 1 aromatic heterocycles. The second kappa shape index (κ2) is 4.82. The van der Waals surface area contributed by atoms with E-state index in [1.807, 2.05) is 6.92 Å². The third-order valence-electron chi connectivity index (χ3n) is 1.92. The summed E-state index contributed by atoms with van der Waals surface area (Å²) in [5.41, 5.74) is -0.0748. The van der Waals surface area contributed by atoms with Gasteiger partial charge in [-0.25, -0.2) is 4.79 Å². The highest BCUT2D eigenvalue weighted by atomic mass is 16.4. The van der Waals surface area contributed by atoms with Crippen molar-refractivity contribution in [3.8, 4) is 0 Å². The Labute approximate surface area is 88.5 Å². The van der Waals surface area contributed by atoms with Crippen LogP contribution in [0.25, 0.3) is 0 Å². The van der Waals surface area contributed by atoms with E-state index >= 15 is 0 Å². The number of carboxylic acids is 1. The number of hydrogen-bond donors (Lipinski definition) is 2. The fourth-order valence-electron chi connectivity index (χ4n) is 1.42. The Morgan fingerprint density at radius 3 is 2.73 bits per heavy atom. The Balaban J connectivity index is 2.53. The largest absolute Gasteiger partial charge is 0.476 e. The molecule has 1 aromatic rings. The maximum atomic E-state index is 10.5. The molecule has 5 nitrogen and oxygen atoms in total. The lowest BCUT2D eigenvalue weighted by atomic mass is 10.1. The van der Waals surface area contributed by atoms with Gasteiger partial charge in [-0.2, -0.15) is 4.98 Å². The van der Waals surface area contributed by atoms with Crippen molar-refractivity contribution in [2.45, 2.75) is 33.2 Å². The number of anilines is 1. The molecular weight excluding hydrogens is 196 g/mol. The van der Waals surface area contributed by atoms with Crippen molar-refractivity contribution in [2.75, 3.05) is 5.32 Å². The van der Waals surface area contributed by atoms with Crippen LogP contribution in [0.5, 0.6) is 0 Å². The van der Waals surface area contributed by atoms with Crippen LogP contribution in [-0.2, 0) is 0 Å². The molecule has 5 heteroatoms. The minimum absolute atomic E-state index is 0.0748. The van der Waals surface area contributed by atoms with Crippen molar-refractivity contribution < 1.29 is 14.3 Å². The van der Waals surface area contributed by atoms with Gasteiger partial charge in [0.25, 0.3) is 6.01 Å². The first-order valence-electron chi connectivity index (χ1n) is 4.94. The first kappa shape index (κ1) is 11.6. The van der Waals surface area contributed by atoms with Crippen LogP contribution in [-0.4, -0.2) is 22.1 Å². The van der Waals surface area contributed by atoms with Crippen LogP contribution >= 0.6 is 0 Å². The molecule has 0 saturated heterocycles. The van der Waals surface area contributed by atoms with Crippen LogP contribution in [0.3, 0.4) is 0 Å². The van der Waals surface area contributed by atoms with E-state index < -0.39 is 5.97 Å². The molecule has 0 amide bonds. The molecule has 0 aliphatic rings. The van der Waals surface area contributed by atoms with Crippen molar-refractivity contribution in [2.24, 2.45) is 5.92 Å². The van der Waals surface area contributed by atoms with Crippen molar-refractivity contribution in [1.29, 1.82) is 0 Å². The van der Waals surface area contributed by atoms with Gasteiger partial charge in [0.05, 0.1) is 0 Å². The molecule has 1 atom stereocenters. The summed E-state index contributed by atoms with van der Waals surface area (Å²) in [6.45, 7) is 6.25. The third kappa shape index (κ3) is 3.61. The highest BCUT2D eigenvalue weighted by Crippen LogP contribution is 2.12. The topological polar surface area (TPSA) is 75.4 Å². The molecule has 1 heterocycles. The van der Waals surface area contributed by atoms with E-state index in [0.29, 0.717) is 5.92 Å². The van der Waals surface area contributed by atoms with E-state index in [1.165, 1.54) is 0 Å². The van der Waals surface area contributed by atoms with Crippen LogP contribution in [0.1, 0.15) is 37.7 Å². The molecule has 0 aliphatic carbocycles. The quantitative estimate of drug-likeness (QED) is 0.782. The molecular formula is C10H16N2O3. The summed E-state index contributed by atoms with van der Waals surface area (Å²) in [5.74, 6) is -0.510. The van der Waals surface area contributed by atoms with E-state index in [9.17, 15) is 4.79 Å². The predicted molar refractivity (Wildman–Crippen MR) is 56.0 cm³/mol. The average molecular weight is 212 g/mol. The lowest BCUT2D eigenvalue weighted by Gasteiger charge is -2.13. The lowest BCUT2D eigenvalue weighted by Crippen LogP contribution is -2.17. The zero-order valence-corrected chi connectivity index (χ0v) is 9.15. The average Bonchev–Trinajstić information content (AvgIpc) is 2.50. The molecule has 1 unspecified atom stereocenters. The van der Waals surface area contributed by atoms with Crippen LogP contribution in [0.2, 0.25) is 0 Å². The zero-order valence-electron chi connectivity index (χ0n) is 9.15. The lowest BCUT2D eigenvalue weighted by molar-refractivity contribution is 0.0690. The van der Waals surface area contributed by atoms with Gasteiger partial charge in [0.15, 0.2) is 5.69 Å². The molecule has 0 fully saturated rings. The molecule has 0 bridgehead atoms. The number of carboxylic acid groups (broad SMARTS) is 1. The Morgan fingerprint density at radius 1 is 1.60 bits per heavy atom. The monoisotopic (exact) mass is 212 g/mol. The van der Waals surface area contributed by atoms with Crippen LogP contribution in [0.15, 0.2) is 10.7 Å². The predicted octanol–water partition coefficient (Wildman–Crippen LogP) is 2.22. The minimum Gasteiger partial charge on any atom is -0.476 e. The summed E-state index contributed by atoms with van der Waals surface area (Å²) in [4.78, 5) is 14.3. The number of carbonyl (C=O) groups is 1. The Kier molecular flexibility index (Phi) is 3.71. The molecule has 0 spiro atoms. The normalized spacial score (nSPS) is 12.8. The van der Waals surface area contributed by atoms with Crippen LogP contribution in [0, 0.1) is 5.92 Å². The van der Waals surface area contributed by atoms with Gasteiger partial charge in [0.2, 0.25) is 0 Å². The summed E-state index contributed by atoms with van der Waals surface area (Å²) < 4.78 is 4.98. The van der Waals surface area contributed by atoms with Crippen molar-refractivity contribution in [3.05, 3.63) is 12.0 Å². The molecule has 15 heavy (non-hydrogen) atoms. The Bertz CT molecular complexity index is 333. The first-order valence-corrected chi connectivity index (χ1v) is 4.94. The van der Waals surface area contributed by atoms with Gasteiger partial charge in [-0.3, -0.25) is 0 Å². The van der Waals surface area contributed by atoms with Crippen molar-refractivity contribution in [1.82, 2.24) is 4.98 Å². The first-order chi connectivity index (χ1) is 6.99. The van der Waals surface area contributed by atoms with Crippen LogP contribution < -0.4 is 5.32 Å². The maximum Gasteiger partial charge on any atom is 0.357 e. The Hall–Kier alpha value is -1.52. The second-order valence-corrected chi connectivity index (χ2v) is 4.02. The summed E-state index contributed by atoms with van der Waals surface area (Å²) in [7, 11) is 0. The maximum absolute atomic E-state index is 10.5. The number of hydrogen-bond acceptors (Lipinski definition) is 4. The summed E-state index contributed by atoms with van der Waals surface area (Å²) in [6, 6.07) is 0.478. The number of nitrogens with zero attached hydrogens (tertiary/aromatic N) is 1. The molecule has 1 rings (SSSR count). The smallest absolute Gasteiger partial charge is 0.357 e. The van der Waals surface area contributed by atoms with Gasteiger partial charge in [0, 0.05) is 6.04 Å². The molecule has 2 N–H and O–H groups in total. The van der Waals surface area contributed by atoms with Crippen molar-refractivity contribution in [3.63, 3.8) is 0 Å². The number of nitrogens with one attached hydrogen (secondary N) is 1. The summed E-state index contributed by atoms with van der Waals surface area (Å²) in [5, 5.41) is 11.6. The summed E-state index contributed by atoms with van der Waals surface area (Å²) >= 11 is 0. The highest BCUT2D eigenvalue weighted by Gasteiger charge is 2.12. The van der Waals surface area contributed by atoms with Gasteiger partial charge in [0.1, 0.15) is 6.26 Å². The molecule has 0 aromatic carbocycles. The molecule has 0 radical (unpaired) electrons. The molecule has 84 valence electrons. The number of oxazole rings is 1. The SMILES string of the molecule is CC(C)CC(C)Nc1nc(C(=O)O)co1. The number of aromatic carboxylic acids is 1. The van der Waals surface area contributed by atoms with Crippen LogP contribution in [0.4, 0.5) is 6.01 Å². The standard InChI is InChI=1S/C10H16N2O3/c1-6(2)4-7(3)11-10-12-8(5-15-10)9(13)14/h5-7H,4H2,1-3H3,(H,11,12)(H,13,14). The van der Waals surface area contributed by atoms with E-state index in [4.69, 9.17) is 9.52 Å². The van der Waals surface area contributed by atoms with E-state index in [1.54, 1.807) is 0 Å². The van der Waals surface area contributed by atoms with Gasteiger partial charge in [-0.1, -0.05) is 13.8 Å². The summed E-state index contributed by atoms with van der Waals surface area (Å²) in [6.07, 6.45) is 2.11. The molecule has 0 saturated carbocycles. The molecule has 0 aliphatic heterocycles. The van der Waals surface area contributed by atoms with Crippen molar-refractivity contribution >= 4 is 12.0 Å². The van der Waals surface area contributed by atoms with E-state index in [0.717, 1.165) is 12.7 Å². The third-order valence-corrected chi connectivity index (χ3v) is 1.92. The van der Waals surface area contributed by atoms with E-state index in [-0.39, 0.29) is 17.8 Å². The second-order valence-electron chi connectivity index (χ2n) is 4.02. The fourth-order valence-corrected chi connectivity index (χ4v) is 1.42. The Morgan fingerprint density at radius 2 is 2.27 bits per heavy atom. The fraction of sp³-hybridized carbons (Fsp3) is 0.600. The number of rotatable bonds is 5. The highest BCUT2D eigenvalue weighted by molar-refractivity contribution is 5.85. The van der Waals surface area contributed by atoms with Gasteiger partial charge in [-0.15, -0.1) is 0 Å². The number of aromatic nitrogens is 1. The van der Waals surface area contributed by atoms with Gasteiger partial charge >= 0.3 is 5.97 Å². The minimum atomic E-state index is -1.08.